The number of nitrogens with zero attached hydrogens (tertiary/aromatic N) is 3. The van der Waals surface area contributed by atoms with Gasteiger partial charge in [-0.15, -0.1) is 0 Å². The van der Waals surface area contributed by atoms with E-state index in [1.165, 1.54) is 30.9 Å². The summed E-state index contributed by atoms with van der Waals surface area (Å²) in [6.45, 7) is 0.224. The van der Waals surface area contributed by atoms with Crippen LogP contribution in [0.2, 0.25) is 0 Å². The predicted octanol–water partition coefficient (Wildman–Crippen LogP) is 0.876. The van der Waals surface area contributed by atoms with Crippen LogP contribution in [-0.4, -0.2) is 37.9 Å². The number of aromatic nitrogens is 4. The molecule has 1 aromatic carbocycles. The van der Waals surface area contributed by atoms with E-state index in [4.69, 9.17) is 0 Å². The number of benzene rings is 1. The van der Waals surface area contributed by atoms with Crippen molar-refractivity contribution < 1.29 is 13.9 Å². The van der Waals surface area contributed by atoms with Crippen LogP contribution in [0, 0.1) is 5.82 Å². The number of H-pyrrole nitrogens is 1. The number of hydrogen-bond donors (Lipinski definition) is 1. The molecule has 0 aliphatic carbocycles. The Hall–Kier alpha value is -2.88. The molecule has 8 nitrogen and oxygen atoms in total. The first-order valence-electron chi connectivity index (χ1n) is 7.54. The minimum absolute atomic E-state index is 0.00487. The molecule has 0 amide bonds. The van der Waals surface area contributed by atoms with Gasteiger partial charge in [0.15, 0.2) is 16.3 Å². The van der Waals surface area contributed by atoms with E-state index in [0.717, 1.165) is 17.3 Å². The van der Waals surface area contributed by atoms with Crippen molar-refractivity contribution in [3.8, 4) is 0 Å². The molecule has 136 valence electrons. The minimum atomic E-state index is -0.585. The summed E-state index contributed by atoms with van der Waals surface area (Å²) in [4.78, 5) is 42.2. The number of carbonyl (C=O) groups excluding carboxylic acids is 1. The van der Waals surface area contributed by atoms with Gasteiger partial charge in [0.1, 0.15) is 5.82 Å². The van der Waals surface area contributed by atoms with Gasteiger partial charge in [-0.2, -0.15) is 0 Å². The number of esters is 1. The van der Waals surface area contributed by atoms with Gasteiger partial charge in [-0.3, -0.25) is 19.1 Å². The summed E-state index contributed by atoms with van der Waals surface area (Å²) < 4.78 is 20.6. The van der Waals surface area contributed by atoms with Crippen molar-refractivity contribution in [3.05, 3.63) is 56.5 Å². The highest BCUT2D eigenvalue weighted by atomic mass is 32.2. The SMILES string of the molecule is COC(=O)CSc1nc2c(c(=O)[nH]c(=O)n2C)n1Cc1ccc(F)cc1. The predicted molar refractivity (Wildman–Crippen MR) is 93.8 cm³/mol. The van der Waals surface area contributed by atoms with Gasteiger partial charge < -0.3 is 9.30 Å². The van der Waals surface area contributed by atoms with E-state index >= 15 is 0 Å². The first-order chi connectivity index (χ1) is 12.4. The van der Waals surface area contributed by atoms with Crippen LogP contribution in [0.25, 0.3) is 11.2 Å². The van der Waals surface area contributed by atoms with E-state index in [1.807, 2.05) is 0 Å². The van der Waals surface area contributed by atoms with Crippen molar-refractivity contribution >= 4 is 28.9 Å². The molecule has 3 rings (SSSR count). The maximum atomic E-state index is 13.1. The first kappa shape index (κ1) is 17.9. The number of carbonyl (C=O) groups is 1. The van der Waals surface area contributed by atoms with Crippen molar-refractivity contribution in [2.75, 3.05) is 12.9 Å². The molecule has 0 aliphatic heterocycles. The lowest BCUT2D eigenvalue weighted by Crippen LogP contribution is -2.29. The molecule has 1 N–H and O–H groups in total. The normalized spacial score (nSPS) is 11.0. The Bertz CT molecular complexity index is 1080. The standard InChI is InChI=1S/C16H15FN4O4S/c1-20-13-12(14(23)19-15(20)24)21(7-9-3-5-10(17)6-4-9)16(18-13)26-8-11(22)25-2/h3-6H,7-8H2,1-2H3,(H,19,23,24). The maximum absolute atomic E-state index is 13.1. The average molecular weight is 378 g/mol. The third kappa shape index (κ3) is 3.40. The summed E-state index contributed by atoms with van der Waals surface area (Å²) in [7, 11) is 2.77. The van der Waals surface area contributed by atoms with Gasteiger partial charge in [-0.25, -0.2) is 14.2 Å². The lowest BCUT2D eigenvalue weighted by molar-refractivity contribution is -0.137. The van der Waals surface area contributed by atoms with Gasteiger partial charge in [0.05, 0.1) is 19.4 Å². The fourth-order valence-corrected chi connectivity index (χ4v) is 3.25. The molecule has 0 fully saturated rings. The fraction of sp³-hybridized carbons (Fsp3) is 0.250. The van der Waals surface area contributed by atoms with Crippen molar-refractivity contribution in [3.63, 3.8) is 0 Å². The molecule has 0 unspecified atom stereocenters. The van der Waals surface area contributed by atoms with Crippen molar-refractivity contribution in [1.29, 1.82) is 0 Å². The summed E-state index contributed by atoms with van der Waals surface area (Å²) in [6.07, 6.45) is 0. The molecule has 3 aromatic rings. The Kier molecular flexibility index (Phi) is 4.94. The Morgan fingerprint density at radius 3 is 2.65 bits per heavy atom. The van der Waals surface area contributed by atoms with E-state index in [2.05, 4.69) is 14.7 Å². The number of thioether (sulfide) groups is 1. The molecule has 0 radical (unpaired) electrons. The second-order valence-electron chi connectivity index (χ2n) is 5.46. The number of nitrogens with one attached hydrogen (secondary N) is 1. The van der Waals surface area contributed by atoms with E-state index < -0.39 is 17.2 Å². The van der Waals surface area contributed by atoms with Crippen LogP contribution in [0.3, 0.4) is 0 Å². The van der Waals surface area contributed by atoms with Crippen LogP contribution in [0.5, 0.6) is 0 Å². The first-order valence-corrected chi connectivity index (χ1v) is 8.53. The van der Waals surface area contributed by atoms with E-state index in [0.29, 0.717) is 5.16 Å². The number of fused-ring (bicyclic) bond motifs is 1. The van der Waals surface area contributed by atoms with Gasteiger partial charge >= 0.3 is 11.7 Å². The number of aromatic amines is 1. The molecule has 2 aromatic heterocycles. The second-order valence-corrected chi connectivity index (χ2v) is 6.40. The molecule has 0 atom stereocenters. The van der Waals surface area contributed by atoms with Crippen LogP contribution in [0.4, 0.5) is 4.39 Å². The molecule has 2 heterocycles. The molecule has 26 heavy (non-hydrogen) atoms. The quantitative estimate of drug-likeness (QED) is 0.523. The highest BCUT2D eigenvalue weighted by Crippen LogP contribution is 2.23. The van der Waals surface area contributed by atoms with Crippen LogP contribution in [0.15, 0.2) is 39.0 Å². The summed E-state index contributed by atoms with van der Waals surface area (Å²) in [6, 6.07) is 5.81. The molecule has 0 saturated carbocycles. The summed E-state index contributed by atoms with van der Waals surface area (Å²) in [5.41, 5.74) is -0.0306. The van der Waals surface area contributed by atoms with Gasteiger partial charge in [-0.1, -0.05) is 23.9 Å². The number of ether oxygens (including phenoxy) is 1. The molecular formula is C16H15FN4O4S. The topological polar surface area (TPSA) is 99.0 Å². The van der Waals surface area contributed by atoms with E-state index in [1.54, 1.807) is 16.7 Å². The number of rotatable bonds is 5. The summed E-state index contributed by atoms with van der Waals surface area (Å²) >= 11 is 1.09. The Balaban J connectivity index is 2.14. The number of hydrogen-bond acceptors (Lipinski definition) is 6. The fourth-order valence-electron chi connectivity index (χ4n) is 2.43. The lowest BCUT2D eigenvalue weighted by Gasteiger charge is -2.08. The molecule has 0 bridgehead atoms. The van der Waals surface area contributed by atoms with Crippen LogP contribution in [-0.2, 0) is 23.1 Å². The molecule has 0 aliphatic rings. The van der Waals surface area contributed by atoms with E-state index in [9.17, 15) is 18.8 Å². The summed E-state index contributed by atoms with van der Waals surface area (Å²) in [5, 5.41) is 0.376. The highest BCUT2D eigenvalue weighted by Gasteiger charge is 2.19. The van der Waals surface area contributed by atoms with Crippen molar-refractivity contribution in [1.82, 2.24) is 19.1 Å². The molecular weight excluding hydrogens is 363 g/mol. The zero-order valence-corrected chi connectivity index (χ0v) is 14.8. The Morgan fingerprint density at radius 2 is 2.00 bits per heavy atom. The maximum Gasteiger partial charge on any atom is 0.329 e. The van der Waals surface area contributed by atoms with Gasteiger partial charge in [0, 0.05) is 7.05 Å². The molecule has 10 heteroatoms. The third-order valence-electron chi connectivity index (χ3n) is 3.77. The van der Waals surface area contributed by atoms with Crippen LogP contribution >= 0.6 is 11.8 Å². The largest absolute Gasteiger partial charge is 0.468 e. The third-order valence-corrected chi connectivity index (χ3v) is 4.72. The summed E-state index contributed by atoms with van der Waals surface area (Å²) in [5.74, 6) is -0.822. The Morgan fingerprint density at radius 1 is 1.31 bits per heavy atom. The van der Waals surface area contributed by atoms with Gasteiger partial charge in [-0.05, 0) is 17.7 Å². The van der Waals surface area contributed by atoms with Crippen LogP contribution in [0.1, 0.15) is 5.56 Å². The second kappa shape index (κ2) is 7.16. The number of imidazole rings is 1. The minimum Gasteiger partial charge on any atom is -0.468 e. The van der Waals surface area contributed by atoms with E-state index in [-0.39, 0.29) is 29.3 Å². The van der Waals surface area contributed by atoms with Gasteiger partial charge in [0.2, 0.25) is 0 Å². The number of halogens is 1. The molecule has 0 spiro atoms. The zero-order chi connectivity index (χ0) is 18.8. The number of methoxy groups -OCH3 is 1. The lowest BCUT2D eigenvalue weighted by atomic mass is 10.2. The number of aryl methyl sites for hydroxylation is 1. The Labute approximate surface area is 150 Å². The zero-order valence-electron chi connectivity index (χ0n) is 14.0. The van der Waals surface area contributed by atoms with Crippen molar-refractivity contribution in [2.45, 2.75) is 11.7 Å². The monoisotopic (exact) mass is 378 g/mol. The van der Waals surface area contributed by atoms with Crippen LogP contribution < -0.4 is 11.2 Å². The smallest absolute Gasteiger partial charge is 0.329 e. The highest BCUT2D eigenvalue weighted by molar-refractivity contribution is 7.99. The van der Waals surface area contributed by atoms with Crippen molar-refractivity contribution in [2.24, 2.45) is 7.05 Å². The molecule has 0 saturated heterocycles. The van der Waals surface area contributed by atoms with Gasteiger partial charge in [0.25, 0.3) is 5.56 Å². The average Bonchev–Trinajstić information content (AvgIpc) is 2.98.